The molecule has 7 nitrogen and oxygen atoms in total. The number of morpholine rings is 1. The minimum Gasteiger partial charge on any atom is -0.483 e. The van der Waals surface area contributed by atoms with Crippen molar-refractivity contribution in [3.63, 3.8) is 0 Å². The number of carbonyl (C=O) groups excluding carboxylic acids is 1. The molecule has 1 aliphatic heterocycles. The summed E-state index contributed by atoms with van der Waals surface area (Å²) >= 11 is 5.92. The molecule has 29 heavy (non-hydrogen) atoms. The third-order valence-electron chi connectivity index (χ3n) is 4.59. The maximum Gasteiger partial charge on any atom is 0.262 e. The van der Waals surface area contributed by atoms with E-state index in [2.05, 4.69) is 5.32 Å². The van der Waals surface area contributed by atoms with Crippen LogP contribution in [0.4, 0.5) is 5.69 Å². The highest BCUT2D eigenvalue weighted by Gasteiger charge is 2.26. The quantitative estimate of drug-likeness (QED) is 0.749. The molecule has 0 aromatic heterocycles. The van der Waals surface area contributed by atoms with Gasteiger partial charge in [-0.15, -0.1) is 0 Å². The Morgan fingerprint density at radius 1 is 1.14 bits per heavy atom. The molecule has 1 aliphatic rings. The molecule has 156 valence electrons. The Hall–Kier alpha value is -2.13. The third kappa shape index (κ3) is 5.27. The van der Waals surface area contributed by atoms with Gasteiger partial charge in [-0.3, -0.25) is 4.79 Å². The number of nitrogens with one attached hydrogen (secondary N) is 1. The summed E-state index contributed by atoms with van der Waals surface area (Å²) in [5.41, 5.74) is 2.00. The van der Waals surface area contributed by atoms with Gasteiger partial charge in [-0.1, -0.05) is 17.7 Å². The third-order valence-corrected chi connectivity index (χ3v) is 6.72. The minimum atomic E-state index is -3.64. The molecular formula is C20H23ClN2O5S. The molecule has 0 bridgehead atoms. The number of anilines is 1. The molecule has 0 atom stereocenters. The fourth-order valence-electron chi connectivity index (χ4n) is 2.94. The van der Waals surface area contributed by atoms with Crippen molar-refractivity contribution in [1.29, 1.82) is 0 Å². The summed E-state index contributed by atoms with van der Waals surface area (Å²) < 4.78 is 37.8. The van der Waals surface area contributed by atoms with Gasteiger partial charge in [0.25, 0.3) is 5.91 Å². The number of ether oxygens (including phenoxy) is 2. The number of aryl methyl sites for hydroxylation is 2. The van der Waals surface area contributed by atoms with Crippen molar-refractivity contribution in [2.45, 2.75) is 18.7 Å². The monoisotopic (exact) mass is 438 g/mol. The van der Waals surface area contributed by atoms with Crippen LogP contribution in [0, 0.1) is 13.8 Å². The van der Waals surface area contributed by atoms with Gasteiger partial charge in [0.15, 0.2) is 6.61 Å². The van der Waals surface area contributed by atoms with E-state index in [0.29, 0.717) is 42.8 Å². The van der Waals surface area contributed by atoms with Crippen molar-refractivity contribution in [2.75, 3.05) is 38.2 Å². The summed E-state index contributed by atoms with van der Waals surface area (Å²) in [6.45, 7) is 4.79. The second kappa shape index (κ2) is 9.13. The number of rotatable bonds is 6. The molecule has 2 aromatic carbocycles. The Morgan fingerprint density at radius 2 is 1.86 bits per heavy atom. The zero-order chi connectivity index (χ0) is 21.0. The molecule has 0 aliphatic carbocycles. The highest BCUT2D eigenvalue weighted by Crippen LogP contribution is 2.24. The topological polar surface area (TPSA) is 84.9 Å². The average Bonchev–Trinajstić information content (AvgIpc) is 2.69. The van der Waals surface area contributed by atoms with Crippen molar-refractivity contribution in [3.8, 4) is 5.75 Å². The van der Waals surface area contributed by atoms with Crippen molar-refractivity contribution in [1.82, 2.24) is 4.31 Å². The first kappa shape index (κ1) is 21.6. The van der Waals surface area contributed by atoms with Gasteiger partial charge in [-0.05, 0) is 55.3 Å². The van der Waals surface area contributed by atoms with Gasteiger partial charge >= 0.3 is 0 Å². The second-order valence-electron chi connectivity index (χ2n) is 6.74. The molecule has 1 saturated heterocycles. The van der Waals surface area contributed by atoms with Gasteiger partial charge in [0.05, 0.1) is 18.1 Å². The van der Waals surface area contributed by atoms with E-state index < -0.39 is 10.0 Å². The fourth-order valence-corrected chi connectivity index (χ4v) is 4.60. The van der Waals surface area contributed by atoms with E-state index in [9.17, 15) is 13.2 Å². The number of sulfonamides is 1. The first-order valence-electron chi connectivity index (χ1n) is 9.15. The molecule has 1 heterocycles. The van der Waals surface area contributed by atoms with Gasteiger partial charge in [0.1, 0.15) is 5.75 Å². The number of hydrogen-bond donors (Lipinski definition) is 1. The summed E-state index contributed by atoms with van der Waals surface area (Å²) in [5, 5.41) is 3.32. The lowest BCUT2D eigenvalue weighted by atomic mass is 10.2. The molecule has 1 N–H and O–H groups in total. The first-order chi connectivity index (χ1) is 13.8. The SMILES string of the molecule is Cc1ccc(S(=O)(=O)N2CCOCC2)cc1NC(=O)COc1ccc(Cl)cc1C. The lowest BCUT2D eigenvalue weighted by Crippen LogP contribution is -2.40. The van der Waals surface area contributed by atoms with Crippen LogP contribution in [-0.4, -0.2) is 51.5 Å². The number of hydrogen-bond acceptors (Lipinski definition) is 5. The van der Waals surface area contributed by atoms with E-state index in [0.717, 1.165) is 11.1 Å². The number of carbonyl (C=O) groups is 1. The lowest BCUT2D eigenvalue weighted by molar-refractivity contribution is -0.118. The number of nitrogens with zero attached hydrogens (tertiary/aromatic N) is 1. The Balaban J connectivity index is 1.70. The highest BCUT2D eigenvalue weighted by atomic mass is 35.5. The second-order valence-corrected chi connectivity index (χ2v) is 9.11. The Bertz CT molecular complexity index is 1000. The Kier molecular flexibility index (Phi) is 6.79. The predicted octanol–water partition coefficient (Wildman–Crippen LogP) is 3.00. The van der Waals surface area contributed by atoms with Crippen LogP contribution in [-0.2, 0) is 19.6 Å². The summed E-state index contributed by atoms with van der Waals surface area (Å²) in [7, 11) is -3.64. The molecule has 1 amide bonds. The number of amides is 1. The maximum absolute atomic E-state index is 12.8. The maximum atomic E-state index is 12.8. The molecule has 2 aromatic rings. The van der Waals surface area contributed by atoms with E-state index in [4.69, 9.17) is 21.1 Å². The molecule has 9 heteroatoms. The number of benzene rings is 2. The van der Waals surface area contributed by atoms with Gasteiger partial charge in [0, 0.05) is 23.8 Å². The van der Waals surface area contributed by atoms with E-state index in [1.807, 2.05) is 6.92 Å². The zero-order valence-corrected chi connectivity index (χ0v) is 17.8. The van der Waals surface area contributed by atoms with Crippen LogP contribution in [0.15, 0.2) is 41.3 Å². The minimum absolute atomic E-state index is 0.134. The molecule has 0 unspecified atom stereocenters. The van der Waals surface area contributed by atoms with E-state index in [1.165, 1.54) is 10.4 Å². The standard InChI is InChI=1S/C20H23ClN2O5S/c1-14-3-5-17(29(25,26)23-7-9-27-10-8-23)12-18(14)22-20(24)13-28-19-6-4-16(21)11-15(19)2/h3-6,11-12H,7-10,13H2,1-2H3,(H,22,24). The van der Waals surface area contributed by atoms with Crippen LogP contribution >= 0.6 is 11.6 Å². The molecular weight excluding hydrogens is 416 g/mol. The van der Waals surface area contributed by atoms with Crippen LogP contribution in [0.3, 0.4) is 0 Å². The van der Waals surface area contributed by atoms with E-state index >= 15 is 0 Å². The highest BCUT2D eigenvalue weighted by molar-refractivity contribution is 7.89. The van der Waals surface area contributed by atoms with Crippen LogP contribution in [0.5, 0.6) is 5.75 Å². The lowest BCUT2D eigenvalue weighted by Gasteiger charge is -2.26. The molecule has 0 saturated carbocycles. The van der Waals surface area contributed by atoms with Crippen LogP contribution in [0.1, 0.15) is 11.1 Å². The smallest absolute Gasteiger partial charge is 0.262 e. The summed E-state index contributed by atoms with van der Waals surface area (Å²) in [6, 6.07) is 9.83. The average molecular weight is 439 g/mol. The van der Waals surface area contributed by atoms with E-state index in [-0.39, 0.29) is 17.4 Å². The predicted molar refractivity (Wildman–Crippen MR) is 111 cm³/mol. The molecule has 0 radical (unpaired) electrons. The van der Waals surface area contributed by atoms with Gasteiger partial charge in [0.2, 0.25) is 10.0 Å². The molecule has 1 fully saturated rings. The largest absolute Gasteiger partial charge is 0.483 e. The van der Waals surface area contributed by atoms with Gasteiger partial charge in [-0.25, -0.2) is 8.42 Å². The van der Waals surface area contributed by atoms with Gasteiger partial charge < -0.3 is 14.8 Å². The fraction of sp³-hybridized carbons (Fsp3) is 0.350. The Morgan fingerprint density at radius 3 is 2.55 bits per heavy atom. The van der Waals surface area contributed by atoms with Gasteiger partial charge in [-0.2, -0.15) is 4.31 Å². The first-order valence-corrected chi connectivity index (χ1v) is 11.0. The summed E-state index contributed by atoms with van der Waals surface area (Å²) in [6.07, 6.45) is 0. The summed E-state index contributed by atoms with van der Waals surface area (Å²) in [5.74, 6) is 0.174. The van der Waals surface area contributed by atoms with Crippen molar-refractivity contribution in [2.24, 2.45) is 0 Å². The summed E-state index contributed by atoms with van der Waals surface area (Å²) in [4.78, 5) is 12.5. The van der Waals surface area contributed by atoms with Crippen molar-refractivity contribution >= 4 is 33.2 Å². The molecule has 0 spiro atoms. The van der Waals surface area contributed by atoms with Crippen molar-refractivity contribution in [3.05, 3.63) is 52.5 Å². The van der Waals surface area contributed by atoms with Crippen LogP contribution in [0.25, 0.3) is 0 Å². The zero-order valence-electron chi connectivity index (χ0n) is 16.3. The van der Waals surface area contributed by atoms with Crippen LogP contribution < -0.4 is 10.1 Å². The Labute approximate surface area is 175 Å². The van der Waals surface area contributed by atoms with Crippen molar-refractivity contribution < 1.29 is 22.7 Å². The normalized spacial score (nSPS) is 15.1. The number of halogens is 1. The molecule has 3 rings (SSSR count). The van der Waals surface area contributed by atoms with Crippen LogP contribution in [0.2, 0.25) is 5.02 Å². The van der Waals surface area contributed by atoms with E-state index in [1.54, 1.807) is 37.3 Å².